The van der Waals surface area contributed by atoms with E-state index in [1.165, 1.54) is 6.92 Å². The normalized spacial score (nSPS) is 29.3. The highest BCUT2D eigenvalue weighted by molar-refractivity contribution is 5.93. The molecule has 6 heteroatoms. The third kappa shape index (κ3) is 6.94. The molecular weight excluding hydrogens is 382 g/mol. The number of carbonyl (C=O) groups is 2. The van der Waals surface area contributed by atoms with E-state index in [2.05, 4.69) is 17.2 Å². The predicted octanol–water partition coefficient (Wildman–Crippen LogP) is 2.72. The minimum absolute atomic E-state index is 0.0101. The van der Waals surface area contributed by atoms with Gasteiger partial charge in [-0.2, -0.15) is 0 Å². The molecule has 2 fully saturated rings. The van der Waals surface area contributed by atoms with Crippen molar-refractivity contribution in [3.63, 3.8) is 0 Å². The summed E-state index contributed by atoms with van der Waals surface area (Å²) < 4.78 is 6.16. The Labute approximate surface area is 180 Å². The summed E-state index contributed by atoms with van der Waals surface area (Å²) in [6.45, 7) is 7.11. The van der Waals surface area contributed by atoms with Gasteiger partial charge >= 0.3 is 0 Å². The number of amides is 2. The molecule has 0 spiro atoms. The van der Waals surface area contributed by atoms with Gasteiger partial charge in [-0.1, -0.05) is 32.4 Å². The van der Waals surface area contributed by atoms with Crippen LogP contribution < -0.4 is 5.32 Å². The molecule has 0 aromatic rings. The zero-order chi connectivity index (χ0) is 22.3. The summed E-state index contributed by atoms with van der Waals surface area (Å²) in [5, 5.41) is 23.3. The first-order valence-corrected chi connectivity index (χ1v) is 11.0. The van der Waals surface area contributed by atoms with Gasteiger partial charge in [0.25, 0.3) is 0 Å². The summed E-state index contributed by atoms with van der Waals surface area (Å²) in [6, 6.07) is 0. The highest BCUT2D eigenvalue weighted by atomic mass is 16.5. The van der Waals surface area contributed by atoms with E-state index in [4.69, 9.17) is 4.74 Å². The Kier molecular flexibility index (Phi) is 9.09. The van der Waals surface area contributed by atoms with Crippen LogP contribution in [0.3, 0.4) is 0 Å². The van der Waals surface area contributed by atoms with Crippen LogP contribution in [0.2, 0.25) is 0 Å². The fourth-order valence-corrected chi connectivity index (χ4v) is 4.46. The molecule has 30 heavy (non-hydrogen) atoms. The molecule has 0 bridgehead atoms. The van der Waals surface area contributed by atoms with Gasteiger partial charge in [-0.3, -0.25) is 14.9 Å². The second-order valence-corrected chi connectivity index (χ2v) is 9.35. The van der Waals surface area contributed by atoms with Crippen molar-refractivity contribution in [2.45, 2.75) is 97.1 Å². The number of fused-ring (bicyclic) bond motifs is 1. The van der Waals surface area contributed by atoms with Crippen LogP contribution in [-0.4, -0.2) is 46.4 Å². The summed E-state index contributed by atoms with van der Waals surface area (Å²) in [5.41, 5.74) is -0.341. The summed E-state index contributed by atoms with van der Waals surface area (Å²) in [5.74, 6) is 5.60. The Morgan fingerprint density at radius 2 is 2.03 bits per heavy atom. The van der Waals surface area contributed by atoms with E-state index in [9.17, 15) is 19.8 Å². The molecule has 6 nitrogen and oxygen atoms in total. The molecule has 168 valence electrons. The zero-order valence-electron chi connectivity index (χ0n) is 18.7. The topological polar surface area (TPSA) is 95.9 Å². The van der Waals surface area contributed by atoms with Crippen LogP contribution >= 0.6 is 0 Å². The van der Waals surface area contributed by atoms with Gasteiger partial charge in [0.05, 0.1) is 24.4 Å². The molecule has 2 rings (SSSR count). The molecule has 0 unspecified atom stereocenters. The first kappa shape index (κ1) is 24.6. The molecular formula is C24H37NO5. The van der Waals surface area contributed by atoms with Crippen molar-refractivity contribution < 1.29 is 24.5 Å². The van der Waals surface area contributed by atoms with Crippen LogP contribution in [0.15, 0.2) is 12.2 Å². The maximum absolute atomic E-state index is 11.5. The Balaban J connectivity index is 1.81. The number of imide groups is 1. The van der Waals surface area contributed by atoms with Gasteiger partial charge in [0.2, 0.25) is 11.8 Å². The maximum Gasteiger partial charge on any atom is 0.226 e. The highest BCUT2D eigenvalue weighted by Crippen LogP contribution is 2.45. The lowest BCUT2D eigenvalue weighted by molar-refractivity contribution is -0.129. The van der Waals surface area contributed by atoms with Gasteiger partial charge < -0.3 is 14.9 Å². The van der Waals surface area contributed by atoms with Crippen LogP contribution in [0, 0.1) is 29.1 Å². The third-order valence-electron chi connectivity index (χ3n) is 6.32. The zero-order valence-corrected chi connectivity index (χ0v) is 18.7. The average molecular weight is 420 g/mol. The lowest BCUT2D eigenvalue weighted by Crippen LogP contribution is -2.28. The number of ether oxygens (including phenoxy) is 1. The van der Waals surface area contributed by atoms with Gasteiger partial charge in [0.1, 0.15) is 0 Å². The number of nitrogens with one attached hydrogen (secondary N) is 1. The quantitative estimate of drug-likeness (QED) is 0.303. The molecule has 1 heterocycles. The van der Waals surface area contributed by atoms with Crippen LogP contribution in [0.5, 0.6) is 0 Å². The lowest BCUT2D eigenvalue weighted by Gasteiger charge is -2.27. The average Bonchev–Trinajstić information content (AvgIpc) is 3.17. The van der Waals surface area contributed by atoms with Crippen molar-refractivity contribution in [3.8, 4) is 11.8 Å². The van der Waals surface area contributed by atoms with Crippen molar-refractivity contribution in [2.75, 3.05) is 0 Å². The summed E-state index contributed by atoms with van der Waals surface area (Å²) >= 11 is 0. The largest absolute Gasteiger partial charge is 0.392 e. The smallest absolute Gasteiger partial charge is 0.226 e. The Bertz CT molecular complexity index is 689. The molecule has 6 atom stereocenters. The second kappa shape index (κ2) is 11.1. The monoisotopic (exact) mass is 419 g/mol. The van der Waals surface area contributed by atoms with Crippen molar-refractivity contribution in [3.05, 3.63) is 12.2 Å². The number of unbranched alkanes of at least 4 members (excludes halogenated alkanes) is 1. The SMILES string of the molecule is CC#CCC(C)(C)[C@H](O)C=C[C@@H]1[C@H]2C[C@@H](CCCCC(=O)NC(C)=O)O[C@H]2C[C@H]1O. The van der Waals surface area contributed by atoms with Crippen molar-refractivity contribution >= 4 is 11.8 Å². The number of aliphatic hydroxyl groups excluding tert-OH is 2. The van der Waals surface area contributed by atoms with Crippen LogP contribution in [0.25, 0.3) is 0 Å². The highest BCUT2D eigenvalue weighted by Gasteiger charge is 2.47. The summed E-state index contributed by atoms with van der Waals surface area (Å²) in [4.78, 5) is 22.4. The Morgan fingerprint density at radius 3 is 2.70 bits per heavy atom. The predicted molar refractivity (Wildman–Crippen MR) is 115 cm³/mol. The summed E-state index contributed by atoms with van der Waals surface area (Å²) in [7, 11) is 0. The molecule has 1 saturated heterocycles. The first-order chi connectivity index (χ1) is 14.1. The number of rotatable bonds is 9. The van der Waals surface area contributed by atoms with Gasteiger partial charge in [0, 0.05) is 37.5 Å². The third-order valence-corrected chi connectivity index (χ3v) is 6.32. The lowest BCUT2D eigenvalue weighted by atomic mass is 9.82. The minimum Gasteiger partial charge on any atom is -0.392 e. The van der Waals surface area contributed by atoms with Gasteiger partial charge in [-0.05, 0) is 32.1 Å². The molecule has 3 N–H and O–H groups in total. The molecule has 2 amide bonds. The van der Waals surface area contributed by atoms with E-state index in [-0.39, 0.29) is 41.3 Å². The maximum atomic E-state index is 11.5. The van der Waals surface area contributed by atoms with Gasteiger partial charge in [0.15, 0.2) is 0 Å². The molecule has 2 aliphatic rings. The second-order valence-electron chi connectivity index (χ2n) is 9.35. The van der Waals surface area contributed by atoms with E-state index in [0.29, 0.717) is 19.3 Å². The summed E-state index contributed by atoms with van der Waals surface area (Å²) in [6.07, 6.45) is 7.84. The number of hydrogen-bond acceptors (Lipinski definition) is 5. The van der Waals surface area contributed by atoms with Crippen LogP contribution in [0.4, 0.5) is 0 Å². The van der Waals surface area contributed by atoms with Gasteiger partial charge in [-0.15, -0.1) is 11.8 Å². The molecule has 1 aliphatic heterocycles. The Morgan fingerprint density at radius 1 is 1.30 bits per heavy atom. The molecule has 0 aromatic carbocycles. The minimum atomic E-state index is -0.621. The first-order valence-electron chi connectivity index (χ1n) is 11.0. The fourth-order valence-electron chi connectivity index (χ4n) is 4.46. The Hall–Kier alpha value is -1.68. The number of hydrogen-bond donors (Lipinski definition) is 3. The number of aliphatic hydroxyl groups is 2. The van der Waals surface area contributed by atoms with E-state index in [1.807, 2.05) is 26.0 Å². The van der Waals surface area contributed by atoms with Crippen LogP contribution in [-0.2, 0) is 14.3 Å². The van der Waals surface area contributed by atoms with Crippen LogP contribution in [0.1, 0.15) is 72.6 Å². The van der Waals surface area contributed by atoms with Gasteiger partial charge in [-0.25, -0.2) is 0 Å². The van der Waals surface area contributed by atoms with Crippen molar-refractivity contribution in [1.29, 1.82) is 0 Å². The molecule has 0 aromatic heterocycles. The van der Waals surface area contributed by atoms with Crippen molar-refractivity contribution in [2.24, 2.45) is 17.3 Å². The molecule has 0 radical (unpaired) electrons. The standard InChI is InChI=1S/C24H37NO5/c1-5-6-13-24(3,4)22(28)12-11-18-19-14-17(30-21(19)15-20(18)27)9-7-8-10-23(29)25-16(2)26/h11-12,17-22,27-28H,7-10,13-15H2,1-4H3,(H,25,26,29)/t17-,18-,19-,20-,21+,22-/m1/s1. The van der Waals surface area contributed by atoms with E-state index in [1.54, 1.807) is 6.92 Å². The van der Waals surface area contributed by atoms with E-state index < -0.39 is 12.2 Å². The molecule has 1 saturated carbocycles. The fraction of sp³-hybridized carbons (Fsp3) is 0.750. The van der Waals surface area contributed by atoms with E-state index >= 15 is 0 Å². The molecule has 1 aliphatic carbocycles. The van der Waals surface area contributed by atoms with E-state index in [0.717, 1.165) is 25.7 Å². The number of carbonyl (C=O) groups excluding carboxylic acids is 2. The van der Waals surface area contributed by atoms with Crippen molar-refractivity contribution in [1.82, 2.24) is 5.32 Å².